The van der Waals surface area contributed by atoms with Gasteiger partial charge in [0, 0.05) is 16.3 Å². The van der Waals surface area contributed by atoms with Gasteiger partial charge in [0.15, 0.2) is 0 Å². The van der Waals surface area contributed by atoms with E-state index in [4.69, 9.17) is 11.6 Å². The summed E-state index contributed by atoms with van der Waals surface area (Å²) >= 11 is 6.04. The van der Waals surface area contributed by atoms with E-state index in [1.165, 1.54) is 0 Å². The monoisotopic (exact) mass is 286 g/mol. The van der Waals surface area contributed by atoms with Crippen LogP contribution in [-0.2, 0) is 5.54 Å². The van der Waals surface area contributed by atoms with E-state index in [1.807, 2.05) is 50.2 Å². The van der Waals surface area contributed by atoms with Crippen LogP contribution in [0.1, 0.15) is 19.4 Å². The molecule has 2 aromatic carbocycles. The maximum Gasteiger partial charge on any atom is 0.319 e. The number of hydrogen-bond acceptors (Lipinski definition) is 1. The average Bonchev–Trinajstić information content (AvgIpc) is 2.37. The van der Waals surface area contributed by atoms with Crippen LogP contribution in [0.3, 0.4) is 0 Å². The van der Waals surface area contributed by atoms with Crippen molar-refractivity contribution in [3.63, 3.8) is 0 Å². The number of hydrogen-bond donors (Lipinski definition) is 2. The third-order valence-electron chi connectivity index (χ3n) is 3.53. The highest BCUT2D eigenvalue weighted by atomic mass is 35.5. The predicted molar refractivity (Wildman–Crippen MR) is 82.1 cm³/mol. The van der Waals surface area contributed by atoms with Crippen LogP contribution < -0.4 is 10.6 Å². The smallest absolute Gasteiger partial charge is 0.319 e. The van der Waals surface area contributed by atoms with E-state index in [-0.39, 0.29) is 6.03 Å². The number of amides is 2. The lowest BCUT2D eigenvalue weighted by molar-refractivity contribution is 0.239. The van der Waals surface area contributed by atoms with Crippen molar-refractivity contribution >= 4 is 23.3 Å². The molecular weight excluding hydrogens is 272 g/mol. The molecule has 0 saturated carbocycles. The zero-order valence-electron chi connectivity index (χ0n) is 11.3. The molecule has 1 heterocycles. The molecule has 0 saturated heterocycles. The van der Waals surface area contributed by atoms with E-state index in [9.17, 15) is 4.79 Å². The Labute approximate surface area is 123 Å². The summed E-state index contributed by atoms with van der Waals surface area (Å²) in [5, 5.41) is 6.47. The van der Waals surface area contributed by atoms with Crippen molar-refractivity contribution in [1.29, 1.82) is 0 Å². The van der Waals surface area contributed by atoms with Crippen molar-refractivity contribution in [2.45, 2.75) is 19.4 Å². The summed E-state index contributed by atoms with van der Waals surface area (Å²) in [6, 6.07) is 13.6. The second-order valence-electron chi connectivity index (χ2n) is 5.47. The van der Waals surface area contributed by atoms with E-state index in [0.29, 0.717) is 5.02 Å². The van der Waals surface area contributed by atoms with Crippen molar-refractivity contribution < 1.29 is 4.79 Å². The van der Waals surface area contributed by atoms with E-state index in [0.717, 1.165) is 22.4 Å². The number of nitrogens with one attached hydrogen (secondary N) is 2. The van der Waals surface area contributed by atoms with Gasteiger partial charge in [0.2, 0.25) is 0 Å². The Morgan fingerprint density at radius 1 is 1.05 bits per heavy atom. The van der Waals surface area contributed by atoms with E-state index < -0.39 is 5.54 Å². The number of carbonyl (C=O) groups excluding carboxylic acids is 1. The van der Waals surface area contributed by atoms with Crippen molar-refractivity contribution in [1.82, 2.24) is 5.32 Å². The van der Waals surface area contributed by atoms with Gasteiger partial charge >= 0.3 is 6.03 Å². The third-order valence-corrected chi connectivity index (χ3v) is 3.76. The fourth-order valence-corrected chi connectivity index (χ4v) is 2.71. The zero-order valence-corrected chi connectivity index (χ0v) is 12.1. The van der Waals surface area contributed by atoms with Crippen LogP contribution in [0.4, 0.5) is 10.5 Å². The summed E-state index contributed by atoms with van der Waals surface area (Å²) < 4.78 is 0. The maximum absolute atomic E-state index is 11.6. The summed E-state index contributed by atoms with van der Waals surface area (Å²) in [5.41, 5.74) is 3.66. The summed E-state index contributed by atoms with van der Waals surface area (Å²) in [6.07, 6.45) is 0. The van der Waals surface area contributed by atoms with Crippen LogP contribution in [0.5, 0.6) is 0 Å². The first kappa shape index (κ1) is 13.0. The first-order valence-electron chi connectivity index (χ1n) is 6.45. The lowest BCUT2D eigenvalue weighted by Gasteiger charge is -2.34. The van der Waals surface area contributed by atoms with Gasteiger partial charge in [0.1, 0.15) is 0 Å². The molecule has 102 valence electrons. The normalized spacial score (nSPS) is 16.1. The molecule has 0 spiro atoms. The molecule has 0 fully saturated rings. The van der Waals surface area contributed by atoms with Crippen LogP contribution in [0.25, 0.3) is 11.1 Å². The molecule has 3 rings (SSSR count). The number of carbonyl (C=O) groups is 1. The van der Waals surface area contributed by atoms with Crippen molar-refractivity contribution in [3.8, 4) is 11.1 Å². The van der Waals surface area contributed by atoms with Crippen LogP contribution in [0, 0.1) is 0 Å². The van der Waals surface area contributed by atoms with Gasteiger partial charge in [-0.05, 0) is 49.2 Å². The van der Waals surface area contributed by atoms with Gasteiger partial charge in [-0.15, -0.1) is 0 Å². The fourth-order valence-electron chi connectivity index (χ4n) is 2.52. The first-order valence-corrected chi connectivity index (χ1v) is 6.83. The molecule has 1 aliphatic rings. The van der Waals surface area contributed by atoms with Crippen LogP contribution >= 0.6 is 11.6 Å². The van der Waals surface area contributed by atoms with Crippen molar-refractivity contribution in [2.75, 3.05) is 5.32 Å². The largest absolute Gasteiger partial charge is 0.329 e. The fraction of sp³-hybridized carbons (Fsp3) is 0.188. The molecule has 0 atom stereocenters. The quantitative estimate of drug-likeness (QED) is 0.802. The Morgan fingerprint density at radius 3 is 2.55 bits per heavy atom. The highest BCUT2D eigenvalue weighted by Gasteiger charge is 2.30. The Kier molecular flexibility index (Phi) is 2.94. The summed E-state index contributed by atoms with van der Waals surface area (Å²) in [7, 11) is 0. The molecule has 0 aromatic heterocycles. The van der Waals surface area contributed by atoms with E-state index in [1.54, 1.807) is 0 Å². The van der Waals surface area contributed by atoms with Gasteiger partial charge in [-0.3, -0.25) is 0 Å². The Morgan fingerprint density at radius 2 is 1.80 bits per heavy atom. The first-order chi connectivity index (χ1) is 9.45. The van der Waals surface area contributed by atoms with Crippen LogP contribution in [0.15, 0.2) is 42.5 Å². The number of benzene rings is 2. The number of anilines is 1. The SMILES string of the molecule is CC1(C)NC(=O)Nc2ccc(-c3cccc(Cl)c3)cc21. The van der Waals surface area contributed by atoms with E-state index in [2.05, 4.69) is 16.7 Å². The lowest BCUT2D eigenvalue weighted by Crippen LogP contribution is -2.47. The molecular formula is C16H15ClN2O. The second kappa shape index (κ2) is 4.53. The molecule has 3 nitrogen and oxygen atoms in total. The maximum atomic E-state index is 11.6. The van der Waals surface area contributed by atoms with Gasteiger partial charge in [0.25, 0.3) is 0 Å². The standard InChI is InChI=1S/C16H15ClN2O/c1-16(2)13-9-11(10-4-3-5-12(17)8-10)6-7-14(13)18-15(20)19-16/h3-9H,1-2H3,(H2,18,19,20). The number of rotatable bonds is 1. The van der Waals surface area contributed by atoms with Crippen LogP contribution in [0.2, 0.25) is 5.02 Å². The van der Waals surface area contributed by atoms with Crippen molar-refractivity contribution in [3.05, 3.63) is 53.1 Å². The Balaban J connectivity index is 2.12. The summed E-state index contributed by atoms with van der Waals surface area (Å²) in [4.78, 5) is 11.6. The molecule has 0 bridgehead atoms. The van der Waals surface area contributed by atoms with Gasteiger partial charge in [-0.2, -0.15) is 0 Å². The molecule has 2 N–H and O–H groups in total. The second-order valence-corrected chi connectivity index (χ2v) is 5.91. The average molecular weight is 287 g/mol. The van der Waals surface area contributed by atoms with Crippen LogP contribution in [-0.4, -0.2) is 6.03 Å². The van der Waals surface area contributed by atoms with Crippen molar-refractivity contribution in [2.24, 2.45) is 0 Å². The number of fused-ring (bicyclic) bond motifs is 1. The molecule has 4 heteroatoms. The topological polar surface area (TPSA) is 41.1 Å². The minimum atomic E-state index is -0.397. The Bertz CT molecular complexity index is 695. The number of halogens is 1. The highest BCUT2D eigenvalue weighted by Crippen LogP contribution is 2.35. The van der Waals surface area contributed by atoms with Gasteiger partial charge < -0.3 is 10.6 Å². The summed E-state index contributed by atoms with van der Waals surface area (Å²) in [6.45, 7) is 3.98. The minimum absolute atomic E-state index is 0.169. The lowest BCUT2D eigenvalue weighted by atomic mass is 9.88. The minimum Gasteiger partial charge on any atom is -0.329 e. The van der Waals surface area contributed by atoms with Gasteiger partial charge in [-0.25, -0.2) is 4.79 Å². The molecule has 1 aliphatic heterocycles. The van der Waals surface area contributed by atoms with Gasteiger partial charge in [-0.1, -0.05) is 29.8 Å². The number of urea groups is 1. The molecule has 20 heavy (non-hydrogen) atoms. The molecule has 0 unspecified atom stereocenters. The molecule has 0 radical (unpaired) electrons. The Hall–Kier alpha value is -2.00. The zero-order chi connectivity index (χ0) is 14.3. The van der Waals surface area contributed by atoms with Gasteiger partial charge in [0.05, 0.1) is 5.54 Å². The molecule has 2 amide bonds. The molecule has 0 aliphatic carbocycles. The predicted octanol–water partition coefficient (Wildman–Crippen LogP) is 4.38. The van der Waals surface area contributed by atoms with E-state index >= 15 is 0 Å². The highest BCUT2D eigenvalue weighted by molar-refractivity contribution is 6.30. The summed E-state index contributed by atoms with van der Waals surface area (Å²) in [5.74, 6) is 0. The molecule has 2 aromatic rings. The third kappa shape index (κ3) is 2.25.